The molecule has 0 aromatic carbocycles. The first kappa shape index (κ1) is 15.0. The highest BCUT2D eigenvalue weighted by molar-refractivity contribution is 7.91. The molecule has 1 aromatic heterocycles. The lowest BCUT2D eigenvalue weighted by atomic mass is 10.3. The number of halogens is 1. The van der Waals surface area contributed by atoms with Gasteiger partial charge in [-0.2, -0.15) is 4.98 Å². The minimum Gasteiger partial charge on any atom is -0.462 e. The summed E-state index contributed by atoms with van der Waals surface area (Å²) < 4.78 is 27.8. The number of carbonyl (C=O) groups is 1. The predicted molar refractivity (Wildman–Crippen MR) is 73.9 cm³/mol. The maximum atomic E-state index is 11.9. The van der Waals surface area contributed by atoms with Crippen molar-refractivity contribution in [2.24, 2.45) is 0 Å². The van der Waals surface area contributed by atoms with E-state index in [1.807, 2.05) is 0 Å². The summed E-state index contributed by atoms with van der Waals surface area (Å²) >= 11 is 5.75. The molecule has 0 aliphatic carbocycles. The van der Waals surface area contributed by atoms with Crippen molar-refractivity contribution in [2.45, 2.75) is 6.92 Å². The molecule has 110 valence electrons. The van der Waals surface area contributed by atoms with E-state index in [-0.39, 0.29) is 42.0 Å². The second-order valence-corrected chi connectivity index (χ2v) is 6.88. The minimum absolute atomic E-state index is 0.00137. The van der Waals surface area contributed by atoms with Gasteiger partial charge >= 0.3 is 5.97 Å². The van der Waals surface area contributed by atoms with E-state index in [2.05, 4.69) is 9.97 Å². The van der Waals surface area contributed by atoms with E-state index in [4.69, 9.17) is 16.3 Å². The van der Waals surface area contributed by atoms with Crippen molar-refractivity contribution >= 4 is 33.2 Å². The molecule has 0 saturated carbocycles. The summed E-state index contributed by atoms with van der Waals surface area (Å²) in [6.45, 7) is 2.46. The molecule has 0 unspecified atom stereocenters. The number of sulfone groups is 1. The number of esters is 1. The van der Waals surface area contributed by atoms with Crippen LogP contribution >= 0.6 is 11.6 Å². The van der Waals surface area contributed by atoms with Crippen molar-refractivity contribution in [3.8, 4) is 0 Å². The van der Waals surface area contributed by atoms with Gasteiger partial charge in [-0.3, -0.25) is 0 Å². The fourth-order valence-electron chi connectivity index (χ4n) is 1.87. The second-order valence-electron chi connectivity index (χ2n) is 4.24. The Morgan fingerprint density at radius 3 is 2.70 bits per heavy atom. The molecule has 7 nitrogen and oxygen atoms in total. The van der Waals surface area contributed by atoms with Gasteiger partial charge in [0, 0.05) is 19.3 Å². The molecule has 20 heavy (non-hydrogen) atoms. The first-order valence-corrected chi connectivity index (χ1v) is 8.28. The molecule has 0 radical (unpaired) electrons. The summed E-state index contributed by atoms with van der Waals surface area (Å²) in [4.78, 5) is 21.4. The normalized spacial score (nSPS) is 17.8. The number of ether oxygens (including phenoxy) is 1. The van der Waals surface area contributed by atoms with Crippen LogP contribution in [-0.4, -0.2) is 55.6 Å². The molecule has 1 aromatic rings. The quantitative estimate of drug-likeness (QED) is 0.593. The monoisotopic (exact) mass is 319 g/mol. The summed E-state index contributed by atoms with van der Waals surface area (Å²) in [6.07, 6.45) is 1.30. The molecule has 9 heteroatoms. The number of carbonyl (C=O) groups excluding carboxylic acids is 1. The molecule has 1 aliphatic rings. The van der Waals surface area contributed by atoms with Crippen LogP contribution in [0.2, 0.25) is 5.28 Å². The van der Waals surface area contributed by atoms with E-state index in [9.17, 15) is 13.2 Å². The van der Waals surface area contributed by atoms with Gasteiger partial charge < -0.3 is 9.64 Å². The van der Waals surface area contributed by atoms with Gasteiger partial charge in [0.2, 0.25) is 5.28 Å². The van der Waals surface area contributed by atoms with Crippen LogP contribution in [0.1, 0.15) is 17.3 Å². The van der Waals surface area contributed by atoms with Gasteiger partial charge in [0.15, 0.2) is 9.84 Å². The third kappa shape index (κ3) is 3.37. The van der Waals surface area contributed by atoms with Gasteiger partial charge in [-0.1, -0.05) is 0 Å². The highest BCUT2D eigenvalue weighted by atomic mass is 35.5. The summed E-state index contributed by atoms with van der Waals surface area (Å²) in [7, 11) is -3.01. The van der Waals surface area contributed by atoms with Gasteiger partial charge in [0.25, 0.3) is 0 Å². The fourth-order valence-corrected chi connectivity index (χ4v) is 3.20. The molecule has 1 saturated heterocycles. The van der Waals surface area contributed by atoms with E-state index in [0.29, 0.717) is 5.82 Å². The Morgan fingerprint density at radius 2 is 2.10 bits per heavy atom. The molecule has 2 rings (SSSR count). The molecule has 0 bridgehead atoms. The van der Waals surface area contributed by atoms with Crippen molar-refractivity contribution in [3.63, 3.8) is 0 Å². The third-order valence-corrected chi connectivity index (χ3v) is 4.67. The van der Waals surface area contributed by atoms with Crippen LogP contribution < -0.4 is 4.90 Å². The standard InChI is InChI=1S/C11H14ClN3O4S/c1-2-19-10(16)8-7-13-11(12)14-9(8)15-3-5-20(17,18)6-4-15/h7H,2-6H2,1H3. The lowest BCUT2D eigenvalue weighted by Gasteiger charge is -2.28. The third-order valence-electron chi connectivity index (χ3n) is 2.88. The SMILES string of the molecule is CCOC(=O)c1cnc(Cl)nc1N1CCS(=O)(=O)CC1. The molecule has 0 atom stereocenters. The van der Waals surface area contributed by atoms with Gasteiger partial charge in [0.05, 0.1) is 18.1 Å². The Morgan fingerprint density at radius 1 is 1.45 bits per heavy atom. The molecule has 2 heterocycles. The van der Waals surface area contributed by atoms with Gasteiger partial charge in [-0.05, 0) is 18.5 Å². The Balaban J connectivity index is 2.30. The zero-order valence-electron chi connectivity index (χ0n) is 10.9. The van der Waals surface area contributed by atoms with E-state index < -0.39 is 15.8 Å². The number of hydrogen-bond donors (Lipinski definition) is 0. The van der Waals surface area contributed by atoms with E-state index in [1.165, 1.54) is 6.20 Å². The van der Waals surface area contributed by atoms with E-state index >= 15 is 0 Å². The van der Waals surface area contributed by atoms with Crippen LogP contribution in [0, 0.1) is 0 Å². The summed E-state index contributed by atoms with van der Waals surface area (Å²) in [6, 6.07) is 0. The maximum absolute atomic E-state index is 11.9. The Labute approximate surface area is 121 Å². The van der Waals surface area contributed by atoms with Crippen LogP contribution in [-0.2, 0) is 14.6 Å². The largest absolute Gasteiger partial charge is 0.462 e. The zero-order valence-corrected chi connectivity index (χ0v) is 12.4. The molecule has 1 aliphatic heterocycles. The lowest BCUT2D eigenvalue weighted by Crippen LogP contribution is -2.41. The van der Waals surface area contributed by atoms with Crippen LogP contribution in [0.4, 0.5) is 5.82 Å². The minimum atomic E-state index is -3.01. The number of rotatable bonds is 3. The summed E-state index contributed by atoms with van der Waals surface area (Å²) in [5.74, 6) is -0.181. The molecule has 0 spiro atoms. The molecular formula is C11H14ClN3O4S. The molecular weight excluding hydrogens is 306 g/mol. The van der Waals surface area contributed by atoms with Gasteiger partial charge in [-0.25, -0.2) is 18.2 Å². The van der Waals surface area contributed by atoms with Crippen molar-refractivity contribution in [3.05, 3.63) is 17.0 Å². The zero-order chi connectivity index (χ0) is 14.8. The summed E-state index contributed by atoms with van der Waals surface area (Å²) in [5.41, 5.74) is 0.190. The number of nitrogens with zero attached hydrogens (tertiary/aromatic N) is 3. The predicted octanol–water partition coefficient (Wildman–Crippen LogP) is 0.542. The molecule has 1 fully saturated rings. The first-order chi connectivity index (χ1) is 9.43. The highest BCUT2D eigenvalue weighted by Gasteiger charge is 2.27. The van der Waals surface area contributed by atoms with Crippen molar-refractivity contribution in [2.75, 3.05) is 36.1 Å². The van der Waals surface area contributed by atoms with Crippen LogP contribution in [0.5, 0.6) is 0 Å². The van der Waals surface area contributed by atoms with Crippen LogP contribution in [0.25, 0.3) is 0 Å². The first-order valence-electron chi connectivity index (χ1n) is 6.08. The Bertz CT molecular complexity index is 606. The maximum Gasteiger partial charge on any atom is 0.343 e. The number of hydrogen-bond acceptors (Lipinski definition) is 7. The average Bonchev–Trinajstić information content (AvgIpc) is 2.38. The smallest absolute Gasteiger partial charge is 0.343 e. The Hall–Kier alpha value is -1.41. The molecule has 0 N–H and O–H groups in total. The lowest BCUT2D eigenvalue weighted by molar-refractivity contribution is 0.0526. The van der Waals surface area contributed by atoms with E-state index in [1.54, 1.807) is 11.8 Å². The van der Waals surface area contributed by atoms with Crippen LogP contribution in [0.15, 0.2) is 6.20 Å². The average molecular weight is 320 g/mol. The van der Waals surface area contributed by atoms with Crippen LogP contribution in [0.3, 0.4) is 0 Å². The molecule has 0 amide bonds. The fraction of sp³-hybridized carbons (Fsp3) is 0.545. The van der Waals surface area contributed by atoms with Gasteiger partial charge in [0.1, 0.15) is 11.4 Å². The Kier molecular flexibility index (Phi) is 4.44. The second kappa shape index (κ2) is 5.92. The van der Waals surface area contributed by atoms with Crippen molar-refractivity contribution in [1.82, 2.24) is 9.97 Å². The van der Waals surface area contributed by atoms with Gasteiger partial charge in [-0.15, -0.1) is 0 Å². The van der Waals surface area contributed by atoms with Crippen molar-refractivity contribution < 1.29 is 17.9 Å². The topological polar surface area (TPSA) is 89.5 Å². The van der Waals surface area contributed by atoms with E-state index in [0.717, 1.165) is 0 Å². The number of aromatic nitrogens is 2. The highest BCUT2D eigenvalue weighted by Crippen LogP contribution is 2.22. The number of anilines is 1. The summed E-state index contributed by atoms with van der Waals surface area (Å²) in [5, 5.41) is 0.00137. The van der Waals surface area contributed by atoms with Crippen molar-refractivity contribution in [1.29, 1.82) is 0 Å².